The molecule has 1 aliphatic rings. The summed E-state index contributed by atoms with van der Waals surface area (Å²) in [7, 11) is -3.18. The summed E-state index contributed by atoms with van der Waals surface area (Å²) < 4.78 is 25.4. The van der Waals surface area contributed by atoms with E-state index >= 15 is 0 Å². The Morgan fingerprint density at radius 3 is 2.44 bits per heavy atom. The number of benzene rings is 1. The largest absolute Gasteiger partial charge is 0.317 e. The maximum Gasteiger partial charge on any atom is 0.182 e. The van der Waals surface area contributed by atoms with Crippen molar-refractivity contribution in [2.24, 2.45) is 0 Å². The Kier molecular flexibility index (Phi) is 3.66. The van der Waals surface area contributed by atoms with Crippen molar-refractivity contribution >= 4 is 25.8 Å². The van der Waals surface area contributed by atoms with Crippen molar-refractivity contribution in [1.82, 2.24) is 5.32 Å². The normalized spacial score (nSPS) is 18.6. The second-order valence-electron chi connectivity index (χ2n) is 3.92. The van der Waals surface area contributed by atoms with Gasteiger partial charge >= 0.3 is 0 Å². The van der Waals surface area contributed by atoms with Crippen LogP contribution in [0.5, 0.6) is 0 Å². The lowest BCUT2D eigenvalue weighted by Gasteiger charge is -2.23. The zero-order valence-corrected chi connectivity index (χ0v) is 11.2. The third-order valence-electron chi connectivity index (χ3n) is 2.87. The van der Waals surface area contributed by atoms with Crippen molar-refractivity contribution in [2.75, 3.05) is 13.1 Å². The van der Waals surface area contributed by atoms with Crippen molar-refractivity contribution < 1.29 is 8.42 Å². The van der Waals surface area contributed by atoms with Crippen LogP contribution in [0.2, 0.25) is 0 Å². The zero-order valence-electron chi connectivity index (χ0n) is 8.82. The van der Waals surface area contributed by atoms with Gasteiger partial charge in [-0.2, -0.15) is 0 Å². The lowest BCUT2D eigenvalue weighted by atomic mass is 10.2. The van der Waals surface area contributed by atoms with Gasteiger partial charge in [-0.3, -0.25) is 0 Å². The van der Waals surface area contributed by atoms with Crippen LogP contribution in [0.25, 0.3) is 0 Å². The summed E-state index contributed by atoms with van der Waals surface area (Å²) in [6.45, 7) is 1.57. The van der Waals surface area contributed by atoms with Gasteiger partial charge in [0.05, 0.1) is 10.1 Å². The molecule has 1 heterocycles. The van der Waals surface area contributed by atoms with Crippen LogP contribution in [0, 0.1) is 0 Å². The van der Waals surface area contributed by atoms with Gasteiger partial charge in [-0.1, -0.05) is 12.1 Å². The predicted octanol–water partition coefficient (Wildman–Crippen LogP) is 1.97. The molecule has 16 heavy (non-hydrogen) atoms. The zero-order chi connectivity index (χ0) is 11.6. The highest BCUT2D eigenvalue weighted by atomic mass is 79.9. The molecule has 1 saturated heterocycles. The maximum absolute atomic E-state index is 12.4. The van der Waals surface area contributed by atoms with Gasteiger partial charge in [0.15, 0.2) is 9.84 Å². The molecule has 0 bridgehead atoms. The molecule has 1 aromatic carbocycles. The second kappa shape index (κ2) is 4.85. The number of piperidine rings is 1. The summed E-state index contributed by atoms with van der Waals surface area (Å²) in [5.41, 5.74) is 0. The predicted molar refractivity (Wildman–Crippen MR) is 67.2 cm³/mol. The van der Waals surface area contributed by atoms with E-state index in [2.05, 4.69) is 21.2 Å². The number of sulfone groups is 1. The fourth-order valence-electron chi connectivity index (χ4n) is 1.96. The number of hydrogen-bond acceptors (Lipinski definition) is 3. The Bertz CT molecular complexity index is 467. The lowest BCUT2D eigenvalue weighted by Crippen LogP contribution is -2.35. The minimum Gasteiger partial charge on any atom is -0.317 e. The van der Waals surface area contributed by atoms with Gasteiger partial charge in [0.1, 0.15) is 0 Å². The molecule has 5 heteroatoms. The van der Waals surface area contributed by atoms with E-state index in [1.54, 1.807) is 18.2 Å². The first-order valence-corrected chi connectivity index (χ1v) is 7.65. The standard InChI is InChI=1S/C11H14BrNO2S/c12-10-3-1-2-4-11(10)16(14,15)9-5-7-13-8-6-9/h1-4,9,13H,5-8H2. The summed E-state index contributed by atoms with van der Waals surface area (Å²) in [5.74, 6) is 0. The Balaban J connectivity index is 2.35. The molecule has 1 N–H and O–H groups in total. The Labute approximate surface area is 104 Å². The highest BCUT2D eigenvalue weighted by Crippen LogP contribution is 2.28. The molecule has 0 amide bonds. The van der Waals surface area contributed by atoms with E-state index in [0.29, 0.717) is 22.2 Å². The van der Waals surface area contributed by atoms with Gasteiger partial charge in [0.2, 0.25) is 0 Å². The topological polar surface area (TPSA) is 46.2 Å². The molecule has 1 aromatic rings. The molecule has 88 valence electrons. The molecular formula is C11H14BrNO2S. The molecular weight excluding hydrogens is 290 g/mol. The highest BCUT2D eigenvalue weighted by molar-refractivity contribution is 9.10. The number of nitrogens with one attached hydrogen (secondary N) is 1. The molecule has 1 fully saturated rings. The van der Waals surface area contributed by atoms with Crippen LogP contribution < -0.4 is 5.32 Å². The SMILES string of the molecule is O=S(=O)(c1ccccc1Br)C1CCNCC1. The van der Waals surface area contributed by atoms with Gasteiger partial charge in [0.25, 0.3) is 0 Å². The van der Waals surface area contributed by atoms with Crippen LogP contribution in [0.4, 0.5) is 0 Å². The van der Waals surface area contributed by atoms with Crippen LogP contribution in [-0.2, 0) is 9.84 Å². The van der Waals surface area contributed by atoms with Gasteiger partial charge in [0, 0.05) is 4.47 Å². The molecule has 0 aliphatic carbocycles. The van der Waals surface area contributed by atoms with Crippen LogP contribution in [0.15, 0.2) is 33.6 Å². The third-order valence-corrected chi connectivity index (χ3v) is 6.14. The molecule has 0 atom stereocenters. The Morgan fingerprint density at radius 2 is 1.81 bits per heavy atom. The van der Waals surface area contributed by atoms with Crippen LogP contribution in [0.3, 0.4) is 0 Å². The second-order valence-corrected chi connectivity index (χ2v) is 6.98. The van der Waals surface area contributed by atoms with Crippen LogP contribution >= 0.6 is 15.9 Å². The molecule has 0 unspecified atom stereocenters. The number of halogens is 1. The summed E-state index contributed by atoms with van der Waals surface area (Å²) in [6.07, 6.45) is 1.40. The van der Waals surface area contributed by atoms with Crippen LogP contribution in [0.1, 0.15) is 12.8 Å². The Morgan fingerprint density at radius 1 is 1.19 bits per heavy atom. The minimum absolute atomic E-state index is 0.243. The molecule has 3 nitrogen and oxygen atoms in total. The average Bonchev–Trinajstić information content (AvgIpc) is 2.30. The number of rotatable bonds is 2. The first-order chi connectivity index (χ1) is 7.62. The van der Waals surface area contributed by atoms with E-state index in [1.807, 2.05) is 6.07 Å². The summed E-state index contributed by atoms with van der Waals surface area (Å²) in [6, 6.07) is 7.03. The van der Waals surface area contributed by atoms with Crippen molar-refractivity contribution in [1.29, 1.82) is 0 Å². The van der Waals surface area contributed by atoms with E-state index in [-0.39, 0.29) is 5.25 Å². The molecule has 0 aromatic heterocycles. The molecule has 2 rings (SSSR count). The first kappa shape index (κ1) is 12.1. The third kappa shape index (κ3) is 2.31. The van der Waals surface area contributed by atoms with Gasteiger partial charge < -0.3 is 5.32 Å². The van der Waals surface area contributed by atoms with Crippen molar-refractivity contribution in [3.8, 4) is 0 Å². The average molecular weight is 304 g/mol. The summed E-state index contributed by atoms with van der Waals surface area (Å²) in [4.78, 5) is 0.418. The van der Waals surface area contributed by atoms with E-state index in [9.17, 15) is 8.42 Å². The van der Waals surface area contributed by atoms with Crippen molar-refractivity contribution in [2.45, 2.75) is 23.0 Å². The van der Waals surface area contributed by atoms with Gasteiger partial charge in [-0.15, -0.1) is 0 Å². The fourth-order valence-corrected chi connectivity index (χ4v) is 4.75. The molecule has 0 spiro atoms. The molecule has 0 radical (unpaired) electrons. The Hall–Kier alpha value is -0.390. The van der Waals surface area contributed by atoms with E-state index in [4.69, 9.17) is 0 Å². The highest BCUT2D eigenvalue weighted by Gasteiger charge is 2.29. The van der Waals surface area contributed by atoms with Crippen LogP contribution in [-0.4, -0.2) is 26.8 Å². The first-order valence-electron chi connectivity index (χ1n) is 5.31. The number of hydrogen-bond donors (Lipinski definition) is 1. The maximum atomic E-state index is 12.4. The monoisotopic (exact) mass is 303 g/mol. The summed E-state index contributed by atoms with van der Waals surface area (Å²) in [5, 5.41) is 2.93. The molecule has 0 saturated carbocycles. The van der Waals surface area contributed by atoms with Crippen molar-refractivity contribution in [3.63, 3.8) is 0 Å². The molecule has 1 aliphatic heterocycles. The lowest BCUT2D eigenvalue weighted by molar-refractivity contribution is 0.496. The van der Waals surface area contributed by atoms with Gasteiger partial charge in [-0.25, -0.2) is 8.42 Å². The summed E-state index contributed by atoms with van der Waals surface area (Å²) >= 11 is 3.30. The minimum atomic E-state index is -3.18. The smallest absolute Gasteiger partial charge is 0.182 e. The van der Waals surface area contributed by atoms with E-state index in [0.717, 1.165) is 13.1 Å². The van der Waals surface area contributed by atoms with Gasteiger partial charge in [-0.05, 0) is 54.0 Å². The fraction of sp³-hybridized carbons (Fsp3) is 0.455. The van der Waals surface area contributed by atoms with E-state index in [1.165, 1.54) is 0 Å². The van der Waals surface area contributed by atoms with E-state index < -0.39 is 9.84 Å². The quantitative estimate of drug-likeness (QED) is 0.909. The van der Waals surface area contributed by atoms with Crippen molar-refractivity contribution in [3.05, 3.63) is 28.7 Å².